The molecule has 1 aromatic heterocycles. The molecule has 0 fully saturated rings. The van der Waals surface area contributed by atoms with Crippen LogP contribution in [-0.4, -0.2) is 10.2 Å². The average molecular weight is 273 g/mol. The lowest BCUT2D eigenvalue weighted by Gasteiger charge is -2.16. The molecule has 0 amide bonds. The Morgan fingerprint density at radius 1 is 1.15 bits per heavy atom. The molecule has 1 heterocycles. The molecular weight excluding hydrogens is 260 g/mol. The Kier molecular flexibility index (Phi) is 3.10. The molecule has 0 aliphatic carbocycles. The zero-order valence-corrected chi connectivity index (χ0v) is 10.8. The van der Waals surface area contributed by atoms with Gasteiger partial charge in [-0.1, -0.05) is 6.07 Å². The first-order valence-corrected chi connectivity index (χ1v) is 6.28. The minimum absolute atomic E-state index is 0.268. The smallest absolute Gasteiger partial charge is 0.131 e. The molecule has 0 radical (unpaired) electrons. The van der Waals surface area contributed by atoms with Crippen LogP contribution in [0.4, 0.5) is 14.5 Å². The fraction of sp³-hybridized carbons (Fsp3) is 0.133. The Morgan fingerprint density at radius 3 is 2.80 bits per heavy atom. The zero-order chi connectivity index (χ0) is 14.1. The molecule has 0 aliphatic rings. The summed E-state index contributed by atoms with van der Waals surface area (Å²) in [4.78, 5) is 0. The van der Waals surface area contributed by atoms with Gasteiger partial charge < -0.3 is 5.32 Å². The molecule has 3 aromatic rings. The van der Waals surface area contributed by atoms with Gasteiger partial charge >= 0.3 is 0 Å². The molecule has 0 aliphatic heterocycles. The van der Waals surface area contributed by atoms with Gasteiger partial charge in [-0.3, -0.25) is 5.10 Å². The Labute approximate surface area is 114 Å². The van der Waals surface area contributed by atoms with Crippen molar-refractivity contribution >= 4 is 16.6 Å². The van der Waals surface area contributed by atoms with Crippen LogP contribution in [0.3, 0.4) is 0 Å². The largest absolute Gasteiger partial charge is 0.378 e. The minimum Gasteiger partial charge on any atom is -0.378 e. The minimum atomic E-state index is -0.572. The molecule has 3 rings (SSSR count). The first-order valence-electron chi connectivity index (χ1n) is 6.28. The van der Waals surface area contributed by atoms with Gasteiger partial charge in [-0.2, -0.15) is 5.10 Å². The van der Waals surface area contributed by atoms with Crippen LogP contribution in [0.5, 0.6) is 0 Å². The van der Waals surface area contributed by atoms with Crippen molar-refractivity contribution in [1.29, 1.82) is 0 Å². The third kappa shape index (κ3) is 2.34. The Bertz CT molecular complexity index is 752. The number of fused-ring (bicyclic) bond motifs is 1. The van der Waals surface area contributed by atoms with Gasteiger partial charge in [0.25, 0.3) is 0 Å². The number of benzene rings is 2. The molecule has 2 N–H and O–H groups in total. The summed E-state index contributed by atoms with van der Waals surface area (Å²) in [6, 6.07) is 9.07. The number of aromatic amines is 1. The van der Waals surface area contributed by atoms with Gasteiger partial charge in [-0.25, -0.2) is 8.78 Å². The number of hydrogen-bond donors (Lipinski definition) is 2. The lowest BCUT2D eigenvalue weighted by atomic mass is 10.1. The highest BCUT2D eigenvalue weighted by molar-refractivity contribution is 5.81. The van der Waals surface area contributed by atoms with Gasteiger partial charge in [0, 0.05) is 22.7 Å². The maximum atomic E-state index is 13.7. The highest BCUT2D eigenvalue weighted by atomic mass is 19.1. The monoisotopic (exact) mass is 273 g/mol. The van der Waals surface area contributed by atoms with Crippen LogP contribution >= 0.6 is 0 Å². The van der Waals surface area contributed by atoms with E-state index in [1.807, 2.05) is 25.1 Å². The van der Waals surface area contributed by atoms with Gasteiger partial charge in [0.05, 0.1) is 17.8 Å². The lowest BCUT2D eigenvalue weighted by Crippen LogP contribution is -2.08. The van der Waals surface area contributed by atoms with Crippen LogP contribution < -0.4 is 5.32 Å². The van der Waals surface area contributed by atoms with E-state index in [1.54, 1.807) is 6.20 Å². The van der Waals surface area contributed by atoms with Crippen molar-refractivity contribution < 1.29 is 8.78 Å². The molecule has 0 spiro atoms. The van der Waals surface area contributed by atoms with Crippen LogP contribution in [-0.2, 0) is 0 Å². The first kappa shape index (κ1) is 12.6. The summed E-state index contributed by atoms with van der Waals surface area (Å²) >= 11 is 0. The Morgan fingerprint density at radius 2 is 2.00 bits per heavy atom. The number of nitrogens with zero attached hydrogens (tertiary/aromatic N) is 1. The van der Waals surface area contributed by atoms with Crippen LogP contribution in [0.15, 0.2) is 42.6 Å². The highest BCUT2D eigenvalue weighted by Gasteiger charge is 2.12. The molecule has 2 aromatic carbocycles. The van der Waals surface area contributed by atoms with Gasteiger partial charge in [0.1, 0.15) is 11.6 Å². The van der Waals surface area contributed by atoms with Crippen LogP contribution in [0.1, 0.15) is 18.5 Å². The second-order valence-corrected chi connectivity index (χ2v) is 4.70. The third-order valence-corrected chi connectivity index (χ3v) is 3.25. The van der Waals surface area contributed by atoms with E-state index in [2.05, 4.69) is 15.5 Å². The molecule has 1 unspecified atom stereocenters. The second-order valence-electron chi connectivity index (χ2n) is 4.70. The number of hydrogen-bond acceptors (Lipinski definition) is 2. The van der Waals surface area contributed by atoms with E-state index < -0.39 is 11.6 Å². The lowest BCUT2D eigenvalue weighted by molar-refractivity contribution is 0.566. The highest BCUT2D eigenvalue weighted by Crippen LogP contribution is 2.24. The normalized spacial score (nSPS) is 12.6. The average Bonchev–Trinajstić information content (AvgIpc) is 2.85. The molecule has 5 heteroatoms. The molecule has 1 atom stereocenters. The molecule has 0 saturated carbocycles. The molecular formula is C15H13F2N3. The maximum Gasteiger partial charge on any atom is 0.131 e. The molecule has 0 bridgehead atoms. The van der Waals surface area contributed by atoms with Crippen molar-refractivity contribution in [2.24, 2.45) is 0 Å². The summed E-state index contributed by atoms with van der Waals surface area (Å²) in [6.07, 6.45) is 1.74. The molecule has 102 valence electrons. The van der Waals surface area contributed by atoms with E-state index in [4.69, 9.17) is 0 Å². The summed E-state index contributed by atoms with van der Waals surface area (Å²) in [5.74, 6) is -1.12. The van der Waals surface area contributed by atoms with Crippen molar-refractivity contribution in [3.05, 3.63) is 59.8 Å². The van der Waals surface area contributed by atoms with Crippen LogP contribution in [0.25, 0.3) is 10.9 Å². The number of nitrogens with one attached hydrogen (secondary N) is 2. The maximum absolute atomic E-state index is 13.7. The van der Waals surface area contributed by atoms with Crippen molar-refractivity contribution in [3.63, 3.8) is 0 Å². The predicted octanol–water partition coefficient (Wildman–Crippen LogP) is 4.01. The Balaban J connectivity index is 1.85. The summed E-state index contributed by atoms with van der Waals surface area (Å²) < 4.78 is 26.6. The molecule has 3 nitrogen and oxygen atoms in total. The first-order chi connectivity index (χ1) is 9.63. The topological polar surface area (TPSA) is 40.7 Å². The molecule has 0 saturated heterocycles. The summed E-state index contributed by atoms with van der Waals surface area (Å²) in [7, 11) is 0. The standard InChI is InChI=1S/C15H13F2N3/c1-9(13-5-3-11(16)6-14(13)17)19-12-4-2-10-8-18-20-15(10)7-12/h2-9,19H,1H3,(H,18,20). The fourth-order valence-electron chi connectivity index (χ4n) is 2.21. The van der Waals surface area contributed by atoms with Gasteiger partial charge in [0.2, 0.25) is 0 Å². The summed E-state index contributed by atoms with van der Waals surface area (Å²) in [5, 5.41) is 11.0. The quantitative estimate of drug-likeness (QED) is 0.756. The van der Waals surface area contributed by atoms with E-state index in [9.17, 15) is 8.78 Å². The SMILES string of the molecule is CC(Nc1ccc2cn[nH]c2c1)c1ccc(F)cc1F. The zero-order valence-electron chi connectivity index (χ0n) is 10.8. The van der Waals surface area contributed by atoms with E-state index in [0.717, 1.165) is 22.7 Å². The van der Waals surface area contributed by atoms with Crippen molar-refractivity contribution in [1.82, 2.24) is 10.2 Å². The Hall–Kier alpha value is -2.43. The van der Waals surface area contributed by atoms with Crippen LogP contribution in [0, 0.1) is 11.6 Å². The van der Waals surface area contributed by atoms with E-state index in [-0.39, 0.29) is 6.04 Å². The van der Waals surface area contributed by atoms with Gasteiger partial charge in [-0.05, 0) is 31.2 Å². The third-order valence-electron chi connectivity index (χ3n) is 3.25. The summed E-state index contributed by atoms with van der Waals surface area (Å²) in [5.41, 5.74) is 2.18. The molecule has 20 heavy (non-hydrogen) atoms. The van der Waals surface area contributed by atoms with E-state index >= 15 is 0 Å². The summed E-state index contributed by atoms with van der Waals surface area (Å²) in [6.45, 7) is 1.83. The number of H-pyrrole nitrogens is 1. The van der Waals surface area contributed by atoms with Gasteiger partial charge in [-0.15, -0.1) is 0 Å². The fourth-order valence-corrected chi connectivity index (χ4v) is 2.21. The number of aromatic nitrogens is 2. The number of anilines is 1. The van der Waals surface area contributed by atoms with Crippen molar-refractivity contribution in [2.45, 2.75) is 13.0 Å². The van der Waals surface area contributed by atoms with Crippen molar-refractivity contribution in [3.8, 4) is 0 Å². The van der Waals surface area contributed by atoms with E-state index in [0.29, 0.717) is 5.56 Å². The van der Waals surface area contributed by atoms with Crippen LogP contribution in [0.2, 0.25) is 0 Å². The predicted molar refractivity (Wildman–Crippen MR) is 74.5 cm³/mol. The van der Waals surface area contributed by atoms with Crippen molar-refractivity contribution in [2.75, 3.05) is 5.32 Å². The number of halogens is 2. The van der Waals surface area contributed by atoms with Gasteiger partial charge in [0.15, 0.2) is 0 Å². The number of rotatable bonds is 3. The second kappa shape index (κ2) is 4.92. The van der Waals surface area contributed by atoms with E-state index in [1.165, 1.54) is 12.1 Å².